The first-order chi connectivity index (χ1) is 15.6. The third kappa shape index (κ3) is 3.79. The van der Waals surface area contributed by atoms with E-state index in [1.807, 2.05) is 24.5 Å². The summed E-state index contributed by atoms with van der Waals surface area (Å²) in [6.07, 6.45) is 2.65. The van der Waals surface area contributed by atoms with E-state index >= 15 is 0 Å². The van der Waals surface area contributed by atoms with E-state index in [0.29, 0.717) is 12.4 Å². The van der Waals surface area contributed by atoms with Crippen molar-refractivity contribution in [2.24, 2.45) is 0 Å². The number of para-hydroxylation sites is 1. The van der Waals surface area contributed by atoms with E-state index in [9.17, 15) is 5.11 Å². The fourth-order valence-corrected chi connectivity index (χ4v) is 5.10. The Bertz CT molecular complexity index is 1290. The van der Waals surface area contributed by atoms with E-state index in [4.69, 9.17) is 15.5 Å². The van der Waals surface area contributed by atoms with Crippen molar-refractivity contribution >= 4 is 39.5 Å². The number of rotatable bonds is 6. The van der Waals surface area contributed by atoms with E-state index < -0.39 is 0 Å². The summed E-state index contributed by atoms with van der Waals surface area (Å²) in [4.78, 5) is 11.6. The number of aromatic nitrogens is 3. The molecule has 4 aromatic rings. The molecular weight excluding hydrogens is 422 g/mol. The second-order valence-electron chi connectivity index (χ2n) is 8.22. The van der Waals surface area contributed by atoms with E-state index in [2.05, 4.69) is 38.7 Å². The van der Waals surface area contributed by atoms with Crippen LogP contribution < -0.4 is 10.5 Å². The zero-order valence-corrected chi connectivity index (χ0v) is 19.1. The molecule has 1 fully saturated rings. The van der Waals surface area contributed by atoms with Crippen LogP contribution in [0.1, 0.15) is 17.5 Å². The predicted octanol–water partition coefficient (Wildman–Crippen LogP) is 3.51. The lowest BCUT2D eigenvalue weighted by Gasteiger charge is -2.17. The number of nitrogen functional groups attached to an aromatic ring is 1. The molecule has 0 unspecified atom stereocenters. The van der Waals surface area contributed by atoms with Crippen molar-refractivity contribution in [2.45, 2.75) is 30.8 Å². The van der Waals surface area contributed by atoms with Crippen LogP contribution >= 0.6 is 11.8 Å². The summed E-state index contributed by atoms with van der Waals surface area (Å²) in [5.41, 5.74) is 11.1. The standard InChI is InChI=1S/C24H27N5O2S/c1-31-20-11-15(12-28-10-9-17(30)14-28)7-8-16(20)13-29-22-18-5-3-4-6-19(18)26-23(25)21(22)27-24(29)32-2/h3-8,11,17,30H,9-10,12-14H2,1-2H3,(H2,25,26)/t17-/m0/s1. The van der Waals surface area contributed by atoms with Crippen LogP contribution in [-0.2, 0) is 13.1 Å². The number of pyridine rings is 1. The molecule has 1 aliphatic rings. The monoisotopic (exact) mass is 449 g/mol. The lowest BCUT2D eigenvalue weighted by molar-refractivity contribution is 0.175. The lowest BCUT2D eigenvalue weighted by atomic mass is 10.1. The number of hydrogen-bond donors (Lipinski definition) is 2. The topological polar surface area (TPSA) is 89.4 Å². The van der Waals surface area contributed by atoms with Gasteiger partial charge in [0.2, 0.25) is 0 Å². The Kier molecular flexibility index (Phi) is 5.67. The second-order valence-corrected chi connectivity index (χ2v) is 8.99. The smallest absolute Gasteiger partial charge is 0.169 e. The van der Waals surface area contributed by atoms with Crippen LogP contribution in [0.4, 0.5) is 5.82 Å². The van der Waals surface area contributed by atoms with Gasteiger partial charge >= 0.3 is 0 Å². The molecule has 2 aromatic heterocycles. The van der Waals surface area contributed by atoms with Gasteiger partial charge in [-0.3, -0.25) is 4.90 Å². The van der Waals surface area contributed by atoms with Gasteiger partial charge in [0.05, 0.1) is 30.8 Å². The van der Waals surface area contributed by atoms with E-state index in [0.717, 1.165) is 64.5 Å². The van der Waals surface area contributed by atoms with Gasteiger partial charge < -0.3 is 20.1 Å². The van der Waals surface area contributed by atoms with Crippen molar-refractivity contribution in [3.05, 3.63) is 53.6 Å². The third-order valence-electron chi connectivity index (χ3n) is 6.09. The van der Waals surface area contributed by atoms with Gasteiger partial charge in [-0.05, 0) is 30.4 Å². The quantitative estimate of drug-likeness (QED) is 0.435. The average molecular weight is 450 g/mol. The SMILES string of the molecule is COc1cc(CN2CC[C@H](O)C2)ccc1Cn1c(SC)nc2c(N)nc3ccccc3c21. The van der Waals surface area contributed by atoms with E-state index in [1.54, 1.807) is 18.9 Å². The van der Waals surface area contributed by atoms with Crippen molar-refractivity contribution in [3.8, 4) is 5.75 Å². The Hall–Kier alpha value is -2.81. The van der Waals surface area contributed by atoms with Gasteiger partial charge in [0.15, 0.2) is 11.0 Å². The molecule has 0 saturated carbocycles. The Balaban J connectivity index is 1.55. The summed E-state index contributed by atoms with van der Waals surface area (Å²) in [5, 5.41) is 11.7. The molecule has 0 radical (unpaired) electrons. The zero-order valence-electron chi connectivity index (χ0n) is 18.3. The molecule has 8 heteroatoms. The molecular formula is C24H27N5O2S. The number of aliphatic hydroxyl groups excluding tert-OH is 1. The molecule has 1 saturated heterocycles. The van der Waals surface area contributed by atoms with Crippen molar-refractivity contribution in [2.75, 3.05) is 32.2 Å². The van der Waals surface area contributed by atoms with Crippen molar-refractivity contribution in [1.29, 1.82) is 0 Å². The Morgan fingerprint density at radius 1 is 1.19 bits per heavy atom. The number of nitrogens with two attached hydrogens (primary N) is 1. The van der Waals surface area contributed by atoms with Crippen LogP contribution in [-0.4, -0.2) is 57.1 Å². The number of hydrogen-bond acceptors (Lipinski definition) is 7. The second kappa shape index (κ2) is 8.61. The molecule has 166 valence electrons. The number of likely N-dealkylation sites (tertiary alicyclic amines) is 1. The number of methoxy groups -OCH3 is 1. The van der Waals surface area contributed by atoms with Gasteiger partial charge in [-0.25, -0.2) is 9.97 Å². The highest BCUT2D eigenvalue weighted by atomic mass is 32.2. The Morgan fingerprint density at radius 2 is 2.03 bits per heavy atom. The highest BCUT2D eigenvalue weighted by molar-refractivity contribution is 7.98. The highest BCUT2D eigenvalue weighted by Gasteiger charge is 2.21. The maximum absolute atomic E-state index is 9.81. The number of β-amino-alcohol motifs (C(OH)–C–C–N with tert-alkyl or cyclic N) is 1. The first-order valence-corrected chi connectivity index (χ1v) is 11.9. The largest absolute Gasteiger partial charge is 0.496 e. The number of nitrogens with zero attached hydrogens (tertiary/aromatic N) is 4. The molecule has 7 nitrogen and oxygen atoms in total. The lowest BCUT2D eigenvalue weighted by Crippen LogP contribution is -2.21. The van der Waals surface area contributed by atoms with Gasteiger partial charge in [-0.15, -0.1) is 0 Å². The summed E-state index contributed by atoms with van der Waals surface area (Å²) in [6.45, 7) is 3.08. The van der Waals surface area contributed by atoms with Gasteiger partial charge in [0, 0.05) is 30.6 Å². The van der Waals surface area contributed by atoms with Crippen LogP contribution in [0.2, 0.25) is 0 Å². The molecule has 0 bridgehead atoms. The third-order valence-corrected chi connectivity index (χ3v) is 6.77. The number of benzene rings is 2. The van der Waals surface area contributed by atoms with Gasteiger partial charge in [0.1, 0.15) is 11.3 Å². The van der Waals surface area contributed by atoms with Crippen LogP contribution in [0.3, 0.4) is 0 Å². The zero-order chi connectivity index (χ0) is 22.2. The molecule has 0 spiro atoms. The summed E-state index contributed by atoms with van der Waals surface area (Å²) in [6, 6.07) is 14.4. The first-order valence-electron chi connectivity index (χ1n) is 10.7. The van der Waals surface area contributed by atoms with Gasteiger partial charge in [-0.2, -0.15) is 0 Å². The number of imidazole rings is 1. The van der Waals surface area contributed by atoms with Crippen LogP contribution in [0.15, 0.2) is 47.6 Å². The molecule has 5 rings (SSSR count). The molecule has 3 heterocycles. The van der Waals surface area contributed by atoms with Crippen molar-refractivity contribution in [3.63, 3.8) is 0 Å². The molecule has 1 atom stereocenters. The molecule has 32 heavy (non-hydrogen) atoms. The number of ether oxygens (including phenoxy) is 1. The molecule has 2 aromatic carbocycles. The number of aliphatic hydroxyl groups is 1. The number of anilines is 1. The van der Waals surface area contributed by atoms with E-state index in [1.165, 1.54) is 5.56 Å². The maximum atomic E-state index is 9.81. The molecule has 3 N–H and O–H groups in total. The highest BCUT2D eigenvalue weighted by Crippen LogP contribution is 2.33. The molecule has 1 aliphatic heterocycles. The van der Waals surface area contributed by atoms with Crippen molar-refractivity contribution in [1.82, 2.24) is 19.4 Å². The first kappa shape index (κ1) is 21.1. The minimum atomic E-state index is -0.215. The van der Waals surface area contributed by atoms with Crippen LogP contribution in [0.5, 0.6) is 5.75 Å². The van der Waals surface area contributed by atoms with E-state index in [-0.39, 0.29) is 6.10 Å². The van der Waals surface area contributed by atoms with Crippen LogP contribution in [0, 0.1) is 0 Å². The normalized spacial score (nSPS) is 16.9. The minimum absolute atomic E-state index is 0.215. The summed E-state index contributed by atoms with van der Waals surface area (Å²) >= 11 is 1.59. The summed E-state index contributed by atoms with van der Waals surface area (Å²) < 4.78 is 7.97. The molecule has 0 aliphatic carbocycles. The predicted molar refractivity (Wildman–Crippen MR) is 129 cm³/mol. The van der Waals surface area contributed by atoms with Crippen LogP contribution in [0.25, 0.3) is 21.9 Å². The number of thioether (sulfide) groups is 1. The minimum Gasteiger partial charge on any atom is -0.496 e. The maximum Gasteiger partial charge on any atom is 0.169 e. The summed E-state index contributed by atoms with van der Waals surface area (Å²) in [5.74, 6) is 1.30. The number of fused-ring (bicyclic) bond motifs is 3. The Morgan fingerprint density at radius 3 is 2.78 bits per heavy atom. The van der Waals surface area contributed by atoms with Gasteiger partial charge in [0.25, 0.3) is 0 Å². The van der Waals surface area contributed by atoms with Crippen molar-refractivity contribution < 1.29 is 9.84 Å². The summed E-state index contributed by atoms with van der Waals surface area (Å²) in [7, 11) is 1.71. The fourth-order valence-electron chi connectivity index (χ4n) is 4.54. The Labute approximate surface area is 191 Å². The average Bonchev–Trinajstić information content (AvgIpc) is 3.38. The molecule has 0 amide bonds. The fraction of sp³-hybridized carbons (Fsp3) is 0.333. The van der Waals surface area contributed by atoms with Gasteiger partial charge in [-0.1, -0.05) is 42.1 Å².